The van der Waals surface area contributed by atoms with Gasteiger partial charge in [0.15, 0.2) is 17.5 Å². The van der Waals surface area contributed by atoms with Crippen molar-refractivity contribution in [1.29, 1.82) is 0 Å². The van der Waals surface area contributed by atoms with E-state index in [0.29, 0.717) is 15.7 Å². The summed E-state index contributed by atoms with van der Waals surface area (Å²) in [6, 6.07) is 14.1. The number of carbonyl (C=O) groups is 3. The lowest BCUT2D eigenvalue weighted by atomic mass is 10.1. The van der Waals surface area contributed by atoms with E-state index in [1.807, 2.05) is 17.5 Å². The first-order chi connectivity index (χ1) is 14.9. The Bertz CT molecular complexity index is 1130. The predicted octanol–water partition coefficient (Wildman–Crippen LogP) is 5.01. The molecule has 0 spiro atoms. The third-order valence-electron chi connectivity index (χ3n) is 4.83. The maximum Gasteiger partial charge on any atom is 0.311 e. The smallest absolute Gasteiger partial charge is 0.311 e. The molecule has 4 rings (SSSR count). The molecule has 0 unspecified atom stereocenters. The molecule has 1 amide bonds. The summed E-state index contributed by atoms with van der Waals surface area (Å²) in [6.45, 7) is -0.180. The lowest BCUT2D eigenvalue weighted by molar-refractivity contribution is -0.147. The number of anilines is 1. The molecule has 0 aliphatic carbocycles. The van der Waals surface area contributed by atoms with Gasteiger partial charge in [-0.2, -0.15) is 0 Å². The number of amides is 1. The van der Waals surface area contributed by atoms with E-state index in [9.17, 15) is 14.4 Å². The Labute approximate surface area is 195 Å². The molecule has 1 fully saturated rings. The number of ether oxygens (including phenoxy) is 1. The van der Waals surface area contributed by atoms with Crippen LogP contribution in [0.5, 0.6) is 0 Å². The molecule has 1 atom stereocenters. The molecule has 2 aromatic carbocycles. The number of hydrogen-bond acceptors (Lipinski definition) is 6. The zero-order valence-electron chi connectivity index (χ0n) is 16.1. The van der Waals surface area contributed by atoms with Gasteiger partial charge < -0.3 is 4.74 Å². The van der Waals surface area contributed by atoms with Gasteiger partial charge in [0.25, 0.3) is 0 Å². The van der Waals surface area contributed by atoms with Crippen LogP contribution in [0.2, 0.25) is 5.02 Å². The average molecular weight is 520 g/mol. The molecular formula is C22H16BrClN2O4S. The maximum absolute atomic E-state index is 12.5. The molecular weight excluding hydrogens is 504 g/mol. The highest BCUT2D eigenvalue weighted by atomic mass is 79.9. The van der Waals surface area contributed by atoms with Crippen LogP contribution >= 0.6 is 38.9 Å². The van der Waals surface area contributed by atoms with Gasteiger partial charge in [0.1, 0.15) is 0 Å². The van der Waals surface area contributed by atoms with Crippen LogP contribution in [-0.4, -0.2) is 35.8 Å². The van der Waals surface area contributed by atoms with Crippen molar-refractivity contribution in [2.75, 3.05) is 18.1 Å². The minimum absolute atomic E-state index is 0.0289. The first-order valence-electron chi connectivity index (χ1n) is 9.38. The van der Waals surface area contributed by atoms with Gasteiger partial charge in [-0.25, -0.2) is 4.98 Å². The molecule has 0 N–H and O–H groups in total. The number of nitrogens with zero attached hydrogens (tertiary/aromatic N) is 2. The van der Waals surface area contributed by atoms with E-state index in [-0.39, 0.29) is 31.3 Å². The van der Waals surface area contributed by atoms with Crippen LogP contribution in [0.1, 0.15) is 16.8 Å². The molecule has 1 aliphatic rings. The van der Waals surface area contributed by atoms with Crippen molar-refractivity contribution in [2.45, 2.75) is 6.42 Å². The monoisotopic (exact) mass is 518 g/mol. The molecule has 1 saturated heterocycles. The summed E-state index contributed by atoms with van der Waals surface area (Å²) >= 11 is 10.6. The zero-order chi connectivity index (χ0) is 22.0. The Balaban J connectivity index is 1.36. The van der Waals surface area contributed by atoms with E-state index in [1.165, 1.54) is 16.2 Å². The summed E-state index contributed by atoms with van der Waals surface area (Å²) in [5.74, 6) is -1.68. The number of hydrogen-bond donors (Lipinski definition) is 0. The Morgan fingerprint density at radius 2 is 1.87 bits per heavy atom. The second kappa shape index (κ2) is 9.30. The summed E-state index contributed by atoms with van der Waals surface area (Å²) < 4.78 is 6.04. The van der Waals surface area contributed by atoms with Gasteiger partial charge in [0, 0.05) is 39.0 Å². The number of esters is 1. The van der Waals surface area contributed by atoms with Crippen LogP contribution in [0.25, 0.3) is 11.3 Å². The molecule has 158 valence electrons. The van der Waals surface area contributed by atoms with Crippen LogP contribution in [0.3, 0.4) is 0 Å². The molecule has 31 heavy (non-hydrogen) atoms. The van der Waals surface area contributed by atoms with Crippen molar-refractivity contribution < 1.29 is 19.1 Å². The largest absolute Gasteiger partial charge is 0.457 e. The Morgan fingerprint density at radius 1 is 1.16 bits per heavy atom. The third kappa shape index (κ3) is 5.03. The number of ketones is 1. The van der Waals surface area contributed by atoms with Crippen molar-refractivity contribution in [3.63, 3.8) is 0 Å². The van der Waals surface area contributed by atoms with Crippen molar-refractivity contribution in [1.82, 2.24) is 4.98 Å². The second-order valence-electron chi connectivity index (χ2n) is 6.97. The van der Waals surface area contributed by atoms with E-state index >= 15 is 0 Å². The van der Waals surface area contributed by atoms with Crippen molar-refractivity contribution in [3.05, 3.63) is 69.0 Å². The lowest BCUT2D eigenvalue weighted by Crippen LogP contribution is -2.27. The van der Waals surface area contributed by atoms with Crippen LogP contribution in [0.15, 0.2) is 58.4 Å². The van der Waals surface area contributed by atoms with Gasteiger partial charge in [-0.3, -0.25) is 19.3 Å². The molecule has 1 aromatic heterocycles. The van der Waals surface area contributed by atoms with E-state index in [2.05, 4.69) is 20.9 Å². The summed E-state index contributed by atoms with van der Waals surface area (Å²) in [5, 5.41) is 3.01. The number of Topliss-reactive ketones (excluding diaryl/α,β-unsaturated/α-hetero) is 1. The first-order valence-corrected chi connectivity index (χ1v) is 11.4. The van der Waals surface area contributed by atoms with Gasteiger partial charge >= 0.3 is 5.97 Å². The number of aromatic nitrogens is 1. The number of rotatable bonds is 6. The van der Waals surface area contributed by atoms with Gasteiger partial charge in [-0.15, -0.1) is 11.3 Å². The fourth-order valence-electron chi connectivity index (χ4n) is 3.17. The SMILES string of the molecule is O=C(COC(=O)[C@H]1CC(=O)N(c2nc(-c3ccc(Cl)cc3)cs2)C1)c1ccc(Br)cc1. The topological polar surface area (TPSA) is 76.6 Å². The molecule has 1 aliphatic heterocycles. The predicted molar refractivity (Wildman–Crippen MR) is 122 cm³/mol. The fraction of sp³-hybridized carbons (Fsp3) is 0.182. The van der Waals surface area contributed by atoms with E-state index in [0.717, 1.165) is 15.7 Å². The molecule has 0 radical (unpaired) electrons. The van der Waals surface area contributed by atoms with Crippen molar-refractivity contribution >= 4 is 61.7 Å². The first kappa shape index (κ1) is 21.7. The Kier molecular flexibility index (Phi) is 6.50. The van der Waals surface area contributed by atoms with E-state index in [4.69, 9.17) is 16.3 Å². The maximum atomic E-state index is 12.5. The second-order valence-corrected chi connectivity index (χ2v) is 9.15. The minimum atomic E-state index is -0.631. The van der Waals surface area contributed by atoms with Gasteiger partial charge in [0.2, 0.25) is 5.91 Å². The normalized spacial score (nSPS) is 15.9. The molecule has 3 aromatic rings. The van der Waals surface area contributed by atoms with Crippen LogP contribution in [0, 0.1) is 5.92 Å². The quantitative estimate of drug-likeness (QED) is 0.338. The molecule has 0 saturated carbocycles. The Morgan fingerprint density at radius 3 is 2.58 bits per heavy atom. The number of benzene rings is 2. The van der Waals surface area contributed by atoms with E-state index < -0.39 is 11.9 Å². The van der Waals surface area contributed by atoms with Gasteiger partial charge in [-0.1, -0.05) is 51.8 Å². The average Bonchev–Trinajstić information content (AvgIpc) is 3.39. The molecule has 0 bridgehead atoms. The van der Waals surface area contributed by atoms with Crippen molar-refractivity contribution in [2.24, 2.45) is 5.92 Å². The summed E-state index contributed by atoms with van der Waals surface area (Å²) in [5.41, 5.74) is 2.08. The highest BCUT2D eigenvalue weighted by molar-refractivity contribution is 9.10. The Hall–Kier alpha value is -2.55. The fourth-order valence-corrected chi connectivity index (χ4v) is 4.42. The molecule has 9 heteroatoms. The highest BCUT2D eigenvalue weighted by Crippen LogP contribution is 2.32. The number of thiazole rings is 1. The van der Waals surface area contributed by atoms with E-state index in [1.54, 1.807) is 36.4 Å². The van der Waals surface area contributed by atoms with Crippen LogP contribution in [-0.2, 0) is 14.3 Å². The van der Waals surface area contributed by atoms with Crippen LogP contribution in [0.4, 0.5) is 5.13 Å². The standard InChI is InChI=1S/C22H16BrClN2O4S/c23-16-5-1-14(2-6-16)19(27)11-30-21(29)15-9-20(28)26(10-15)22-25-18(12-31-22)13-3-7-17(24)8-4-13/h1-8,12,15H,9-11H2/t15-/m0/s1. The van der Waals surface area contributed by atoms with Crippen molar-refractivity contribution in [3.8, 4) is 11.3 Å². The highest BCUT2D eigenvalue weighted by Gasteiger charge is 2.37. The molecule has 6 nitrogen and oxygen atoms in total. The zero-order valence-corrected chi connectivity index (χ0v) is 19.2. The molecule has 2 heterocycles. The summed E-state index contributed by atoms with van der Waals surface area (Å²) in [6.07, 6.45) is 0.0289. The number of halogens is 2. The van der Waals surface area contributed by atoms with Crippen LogP contribution < -0.4 is 4.90 Å². The van der Waals surface area contributed by atoms with Gasteiger partial charge in [-0.05, 0) is 24.3 Å². The van der Waals surface area contributed by atoms with Gasteiger partial charge in [0.05, 0.1) is 11.6 Å². The minimum Gasteiger partial charge on any atom is -0.457 e. The number of carbonyl (C=O) groups excluding carboxylic acids is 3. The summed E-state index contributed by atoms with van der Waals surface area (Å²) in [7, 11) is 0. The summed E-state index contributed by atoms with van der Waals surface area (Å²) in [4.78, 5) is 43.1. The lowest BCUT2D eigenvalue weighted by Gasteiger charge is -2.12. The third-order valence-corrected chi connectivity index (χ3v) is 6.48.